The van der Waals surface area contributed by atoms with Gasteiger partial charge in [-0.05, 0) is 18.4 Å². The largest absolute Gasteiger partial charge is 0.472 e. The summed E-state index contributed by atoms with van der Waals surface area (Å²) in [5.74, 6) is 0.745. The predicted molar refractivity (Wildman–Crippen MR) is 45.6 cm³/mol. The molecular weight excluding hydrogens is 152 g/mol. The maximum absolute atomic E-state index is 9.68. The van der Waals surface area contributed by atoms with E-state index in [-0.39, 0.29) is 6.10 Å². The van der Waals surface area contributed by atoms with E-state index < -0.39 is 0 Å². The molecule has 2 rings (SSSR count). The lowest BCUT2D eigenvalue weighted by atomic mass is 9.81. The molecule has 1 heterocycles. The lowest BCUT2D eigenvalue weighted by Crippen LogP contribution is -2.14. The van der Waals surface area contributed by atoms with Crippen LogP contribution in [0.25, 0.3) is 0 Å². The zero-order chi connectivity index (χ0) is 8.39. The fraction of sp³-hybridized carbons (Fsp3) is 0.600. The number of rotatable bonds is 3. The molecule has 0 amide bonds. The van der Waals surface area contributed by atoms with Crippen LogP contribution in [-0.2, 0) is 0 Å². The Bertz CT molecular complexity index is 224. The fourth-order valence-corrected chi connectivity index (χ4v) is 1.64. The van der Waals surface area contributed by atoms with Gasteiger partial charge in [0, 0.05) is 5.56 Å². The van der Waals surface area contributed by atoms with Crippen LogP contribution in [0.3, 0.4) is 0 Å². The van der Waals surface area contributed by atoms with Gasteiger partial charge in [-0.1, -0.05) is 19.3 Å². The van der Waals surface area contributed by atoms with Gasteiger partial charge < -0.3 is 9.52 Å². The molecule has 1 fully saturated rings. The normalized spacial score (nSPS) is 20.4. The topological polar surface area (TPSA) is 33.4 Å². The van der Waals surface area contributed by atoms with Gasteiger partial charge in [-0.25, -0.2) is 0 Å². The summed E-state index contributed by atoms with van der Waals surface area (Å²) in [5, 5.41) is 9.68. The molecule has 1 N–H and O–H groups in total. The summed E-state index contributed by atoms with van der Waals surface area (Å²) in [5.41, 5.74) is 0.918. The summed E-state index contributed by atoms with van der Waals surface area (Å²) < 4.78 is 4.91. The number of aliphatic hydroxyl groups excluding tert-OH is 1. The van der Waals surface area contributed by atoms with Crippen LogP contribution in [0.1, 0.15) is 37.4 Å². The molecule has 1 aromatic rings. The minimum Gasteiger partial charge on any atom is -0.472 e. The Labute approximate surface area is 72.2 Å². The van der Waals surface area contributed by atoms with Crippen LogP contribution in [0, 0.1) is 5.92 Å². The molecule has 1 saturated carbocycles. The smallest absolute Gasteiger partial charge is 0.0960 e. The molecule has 0 aromatic carbocycles. The van der Waals surface area contributed by atoms with Gasteiger partial charge in [0.1, 0.15) is 0 Å². The van der Waals surface area contributed by atoms with E-state index >= 15 is 0 Å². The van der Waals surface area contributed by atoms with Crippen molar-refractivity contribution in [1.82, 2.24) is 0 Å². The Morgan fingerprint density at radius 1 is 1.58 bits per heavy atom. The minimum atomic E-state index is -0.311. The van der Waals surface area contributed by atoms with Gasteiger partial charge in [0.15, 0.2) is 0 Å². The highest BCUT2D eigenvalue weighted by Gasteiger charge is 2.21. The molecule has 1 atom stereocenters. The van der Waals surface area contributed by atoms with E-state index in [1.165, 1.54) is 19.3 Å². The molecule has 0 spiro atoms. The quantitative estimate of drug-likeness (QED) is 0.748. The third kappa shape index (κ3) is 1.53. The van der Waals surface area contributed by atoms with Crippen molar-refractivity contribution in [3.8, 4) is 0 Å². The first-order chi connectivity index (χ1) is 5.86. The van der Waals surface area contributed by atoms with Crippen molar-refractivity contribution in [2.24, 2.45) is 5.92 Å². The second-order valence-electron chi connectivity index (χ2n) is 3.61. The minimum absolute atomic E-state index is 0.311. The monoisotopic (exact) mass is 166 g/mol. The maximum Gasteiger partial charge on any atom is 0.0960 e. The summed E-state index contributed by atoms with van der Waals surface area (Å²) in [4.78, 5) is 0. The number of hydrogen-bond donors (Lipinski definition) is 1. The van der Waals surface area contributed by atoms with E-state index in [4.69, 9.17) is 4.42 Å². The van der Waals surface area contributed by atoms with Crippen LogP contribution in [0.4, 0.5) is 0 Å². The molecule has 0 aliphatic heterocycles. The van der Waals surface area contributed by atoms with Gasteiger partial charge in [-0.3, -0.25) is 0 Å². The molecular formula is C10H14O2. The summed E-state index contributed by atoms with van der Waals surface area (Å²) >= 11 is 0. The highest BCUT2D eigenvalue weighted by molar-refractivity contribution is 5.09. The Morgan fingerprint density at radius 3 is 2.92 bits per heavy atom. The van der Waals surface area contributed by atoms with Crippen molar-refractivity contribution in [1.29, 1.82) is 0 Å². The first-order valence-electron chi connectivity index (χ1n) is 4.56. The lowest BCUT2D eigenvalue weighted by molar-refractivity contribution is 0.118. The van der Waals surface area contributed by atoms with Gasteiger partial charge in [-0.2, -0.15) is 0 Å². The Morgan fingerprint density at radius 2 is 2.42 bits per heavy atom. The summed E-state index contributed by atoms with van der Waals surface area (Å²) in [6, 6.07) is 1.84. The Balaban J connectivity index is 1.87. The van der Waals surface area contributed by atoms with Gasteiger partial charge in [0.25, 0.3) is 0 Å². The molecule has 1 unspecified atom stereocenters. The summed E-state index contributed by atoms with van der Waals surface area (Å²) in [7, 11) is 0. The lowest BCUT2D eigenvalue weighted by Gasteiger charge is -2.27. The van der Waals surface area contributed by atoms with E-state index in [0.717, 1.165) is 17.9 Å². The van der Waals surface area contributed by atoms with Crippen LogP contribution in [0.2, 0.25) is 0 Å². The van der Waals surface area contributed by atoms with E-state index in [2.05, 4.69) is 0 Å². The molecule has 1 aromatic heterocycles. The summed E-state index contributed by atoms with van der Waals surface area (Å²) in [6.07, 6.45) is 7.74. The molecule has 66 valence electrons. The number of hydrogen-bond acceptors (Lipinski definition) is 2. The molecule has 0 radical (unpaired) electrons. The first-order valence-corrected chi connectivity index (χ1v) is 4.56. The third-order valence-electron chi connectivity index (χ3n) is 2.71. The van der Waals surface area contributed by atoms with Gasteiger partial charge in [0.2, 0.25) is 0 Å². The van der Waals surface area contributed by atoms with E-state index in [9.17, 15) is 5.11 Å². The van der Waals surface area contributed by atoms with Crippen molar-refractivity contribution < 1.29 is 9.52 Å². The number of aliphatic hydroxyl groups is 1. The van der Waals surface area contributed by atoms with Crippen molar-refractivity contribution in [3.05, 3.63) is 24.2 Å². The highest BCUT2D eigenvalue weighted by Crippen LogP contribution is 2.34. The van der Waals surface area contributed by atoms with Crippen molar-refractivity contribution in [3.63, 3.8) is 0 Å². The average molecular weight is 166 g/mol. The third-order valence-corrected chi connectivity index (χ3v) is 2.71. The van der Waals surface area contributed by atoms with Crippen LogP contribution >= 0.6 is 0 Å². The standard InChI is InChI=1S/C10H14O2/c11-10(6-8-2-1-3-8)9-4-5-12-7-9/h4-5,7-8,10-11H,1-3,6H2. The van der Waals surface area contributed by atoms with Crippen LogP contribution in [0.15, 0.2) is 23.0 Å². The zero-order valence-corrected chi connectivity index (χ0v) is 7.07. The first kappa shape index (κ1) is 7.87. The van der Waals surface area contributed by atoms with Crippen LogP contribution < -0.4 is 0 Å². The van der Waals surface area contributed by atoms with Crippen molar-refractivity contribution in [2.75, 3.05) is 0 Å². The molecule has 2 nitrogen and oxygen atoms in total. The van der Waals surface area contributed by atoms with E-state index in [1.54, 1.807) is 12.5 Å². The fourth-order valence-electron chi connectivity index (χ4n) is 1.64. The van der Waals surface area contributed by atoms with Crippen LogP contribution in [0.5, 0.6) is 0 Å². The second-order valence-corrected chi connectivity index (χ2v) is 3.61. The van der Waals surface area contributed by atoms with Gasteiger partial charge in [0.05, 0.1) is 18.6 Å². The summed E-state index contributed by atoms with van der Waals surface area (Å²) in [6.45, 7) is 0. The van der Waals surface area contributed by atoms with Gasteiger partial charge >= 0.3 is 0 Å². The number of furan rings is 1. The Hall–Kier alpha value is -0.760. The molecule has 1 aliphatic rings. The average Bonchev–Trinajstić information content (AvgIpc) is 2.47. The van der Waals surface area contributed by atoms with Gasteiger partial charge in [-0.15, -0.1) is 0 Å². The zero-order valence-electron chi connectivity index (χ0n) is 7.07. The van der Waals surface area contributed by atoms with Crippen LogP contribution in [-0.4, -0.2) is 5.11 Å². The molecule has 2 heteroatoms. The second kappa shape index (κ2) is 3.31. The van der Waals surface area contributed by atoms with Crippen molar-refractivity contribution >= 4 is 0 Å². The SMILES string of the molecule is OC(CC1CCC1)c1ccoc1. The highest BCUT2D eigenvalue weighted by atomic mass is 16.3. The predicted octanol–water partition coefficient (Wildman–Crippen LogP) is 2.50. The molecule has 1 aliphatic carbocycles. The van der Waals surface area contributed by atoms with E-state index in [1.807, 2.05) is 6.07 Å². The molecule has 0 saturated heterocycles. The molecule has 0 bridgehead atoms. The Kier molecular flexibility index (Phi) is 2.17. The van der Waals surface area contributed by atoms with E-state index in [0.29, 0.717) is 0 Å². The maximum atomic E-state index is 9.68. The van der Waals surface area contributed by atoms with Crippen molar-refractivity contribution in [2.45, 2.75) is 31.8 Å². The molecule has 12 heavy (non-hydrogen) atoms.